The second kappa shape index (κ2) is 9.27. The number of urea groups is 1. The van der Waals surface area contributed by atoms with Crippen LogP contribution < -0.4 is 15.4 Å². The zero-order chi connectivity index (χ0) is 19.9. The molecule has 8 heteroatoms. The fourth-order valence-electron chi connectivity index (χ4n) is 2.37. The Morgan fingerprint density at radius 1 is 1.11 bits per heavy atom. The van der Waals surface area contributed by atoms with Gasteiger partial charge in [-0.3, -0.25) is 4.98 Å². The topological polar surface area (TPSA) is 63.2 Å². The molecule has 0 saturated carbocycles. The van der Waals surface area contributed by atoms with Crippen LogP contribution in [-0.2, 0) is 13.2 Å². The summed E-state index contributed by atoms with van der Waals surface area (Å²) in [6, 6.07) is 12.1. The van der Waals surface area contributed by atoms with Crippen molar-refractivity contribution in [1.82, 2.24) is 10.3 Å². The average Bonchev–Trinajstić information content (AvgIpc) is 2.67. The Morgan fingerprint density at radius 3 is 2.57 bits per heavy atom. The van der Waals surface area contributed by atoms with E-state index in [1.54, 1.807) is 42.7 Å². The molecule has 0 radical (unpaired) electrons. The third-order valence-electron chi connectivity index (χ3n) is 3.73. The highest BCUT2D eigenvalue weighted by atomic mass is 79.9. The van der Waals surface area contributed by atoms with Crippen molar-refractivity contribution in [2.75, 3.05) is 5.32 Å². The smallest absolute Gasteiger partial charge is 0.319 e. The van der Waals surface area contributed by atoms with E-state index >= 15 is 0 Å². The minimum atomic E-state index is -0.782. The van der Waals surface area contributed by atoms with Crippen LogP contribution in [0.3, 0.4) is 0 Å². The van der Waals surface area contributed by atoms with Gasteiger partial charge in [-0.25, -0.2) is 13.6 Å². The third-order valence-corrected chi connectivity index (χ3v) is 4.32. The van der Waals surface area contributed by atoms with Crippen LogP contribution >= 0.6 is 15.9 Å². The molecule has 0 atom stereocenters. The molecule has 3 rings (SSSR count). The Bertz CT molecular complexity index is 930. The van der Waals surface area contributed by atoms with Crippen molar-refractivity contribution in [1.29, 1.82) is 0 Å². The molecule has 2 amide bonds. The van der Waals surface area contributed by atoms with E-state index in [9.17, 15) is 13.6 Å². The Morgan fingerprint density at radius 2 is 1.89 bits per heavy atom. The number of carbonyl (C=O) groups excluding carboxylic acids is 1. The van der Waals surface area contributed by atoms with Crippen LogP contribution in [0.1, 0.15) is 11.1 Å². The number of hydrogen-bond acceptors (Lipinski definition) is 3. The van der Waals surface area contributed by atoms with Gasteiger partial charge >= 0.3 is 6.03 Å². The summed E-state index contributed by atoms with van der Waals surface area (Å²) >= 11 is 3.08. The number of halogens is 3. The van der Waals surface area contributed by atoms with Crippen molar-refractivity contribution in [3.8, 4) is 5.75 Å². The van der Waals surface area contributed by atoms with Gasteiger partial charge < -0.3 is 15.4 Å². The SMILES string of the molecule is O=C(NCc1cccnc1)Nc1ccc(COc2c(F)cc(F)cc2Br)cc1. The molecule has 3 aromatic rings. The molecule has 1 aromatic heterocycles. The summed E-state index contributed by atoms with van der Waals surface area (Å²) in [6.07, 6.45) is 3.34. The predicted molar refractivity (Wildman–Crippen MR) is 105 cm³/mol. The first-order valence-corrected chi connectivity index (χ1v) is 9.10. The lowest BCUT2D eigenvalue weighted by molar-refractivity contribution is 0.251. The van der Waals surface area contributed by atoms with Crippen molar-refractivity contribution in [2.45, 2.75) is 13.2 Å². The van der Waals surface area contributed by atoms with Gasteiger partial charge in [-0.15, -0.1) is 0 Å². The molecule has 0 spiro atoms. The monoisotopic (exact) mass is 447 g/mol. The molecular weight excluding hydrogens is 432 g/mol. The van der Waals surface area contributed by atoms with Crippen LogP contribution in [0.4, 0.5) is 19.3 Å². The quantitative estimate of drug-likeness (QED) is 0.557. The molecule has 0 bridgehead atoms. The van der Waals surface area contributed by atoms with E-state index in [0.29, 0.717) is 12.2 Å². The molecule has 144 valence electrons. The second-order valence-corrected chi connectivity index (χ2v) is 6.71. The van der Waals surface area contributed by atoms with Gasteiger partial charge in [0.05, 0.1) is 4.47 Å². The molecule has 28 heavy (non-hydrogen) atoms. The van der Waals surface area contributed by atoms with Gasteiger partial charge in [0.2, 0.25) is 0 Å². The van der Waals surface area contributed by atoms with Crippen LogP contribution in [0.2, 0.25) is 0 Å². The number of rotatable bonds is 6. The fraction of sp³-hybridized carbons (Fsp3) is 0.100. The Hall–Kier alpha value is -3.00. The van der Waals surface area contributed by atoms with Gasteiger partial charge in [0.1, 0.15) is 12.4 Å². The maximum atomic E-state index is 13.8. The molecule has 5 nitrogen and oxygen atoms in total. The van der Waals surface area contributed by atoms with Gasteiger partial charge in [-0.2, -0.15) is 0 Å². The number of anilines is 1. The standard InChI is InChI=1S/C20H16BrF2N3O2/c21-17-8-15(22)9-18(23)19(17)28-12-13-3-5-16(6-4-13)26-20(27)25-11-14-2-1-7-24-10-14/h1-10H,11-12H2,(H2,25,26,27). The molecule has 2 aromatic carbocycles. The molecular formula is C20H16BrF2N3O2. The van der Waals surface area contributed by atoms with E-state index in [1.807, 2.05) is 6.07 Å². The van der Waals surface area contributed by atoms with Crippen molar-refractivity contribution in [3.63, 3.8) is 0 Å². The van der Waals surface area contributed by atoms with E-state index in [0.717, 1.165) is 23.3 Å². The summed E-state index contributed by atoms with van der Waals surface area (Å²) in [5.41, 5.74) is 2.25. The minimum absolute atomic E-state index is 0.0571. The Balaban J connectivity index is 1.51. The number of benzene rings is 2. The fourth-order valence-corrected chi connectivity index (χ4v) is 2.89. The number of hydrogen-bond donors (Lipinski definition) is 2. The van der Waals surface area contributed by atoms with E-state index in [-0.39, 0.29) is 22.9 Å². The highest BCUT2D eigenvalue weighted by Gasteiger charge is 2.11. The van der Waals surface area contributed by atoms with E-state index in [4.69, 9.17) is 4.74 Å². The van der Waals surface area contributed by atoms with E-state index < -0.39 is 11.6 Å². The van der Waals surface area contributed by atoms with Gasteiger partial charge in [0, 0.05) is 30.7 Å². The largest absolute Gasteiger partial charge is 0.485 e. The number of amides is 2. The molecule has 1 heterocycles. The van der Waals surface area contributed by atoms with Crippen LogP contribution in [0.25, 0.3) is 0 Å². The summed E-state index contributed by atoms with van der Waals surface area (Å²) in [5, 5.41) is 5.45. The lowest BCUT2D eigenvalue weighted by atomic mass is 10.2. The van der Waals surface area contributed by atoms with Gasteiger partial charge in [0.15, 0.2) is 11.6 Å². The summed E-state index contributed by atoms with van der Waals surface area (Å²) in [6.45, 7) is 0.457. The summed E-state index contributed by atoms with van der Waals surface area (Å²) in [5.74, 6) is -1.53. The van der Waals surface area contributed by atoms with Gasteiger partial charge in [0.25, 0.3) is 0 Å². The maximum absolute atomic E-state index is 13.8. The van der Waals surface area contributed by atoms with Crippen LogP contribution in [0.5, 0.6) is 5.75 Å². The van der Waals surface area contributed by atoms with Crippen LogP contribution in [-0.4, -0.2) is 11.0 Å². The first kappa shape index (κ1) is 19.8. The zero-order valence-electron chi connectivity index (χ0n) is 14.6. The molecule has 0 saturated heterocycles. The lowest BCUT2D eigenvalue weighted by Crippen LogP contribution is -2.28. The molecule has 2 N–H and O–H groups in total. The number of ether oxygens (including phenoxy) is 1. The predicted octanol–water partition coefficient (Wildman–Crippen LogP) is 5.02. The first-order chi connectivity index (χ1) is 13.5. The highest BCUT2D eigenvalue weighted by Crippen LogP contribution is 2.30. The van der Waals surface area contributed by atoms with Crippen molar-refractivity contribution < 1.29 is 18.3 Å². The van der Waals surface area contributed by atoms with E-state index in [1.165, 1.54) is 0 Å². The maximum Gasteiger partial charge on any atom is 0.319 e. The molecule has 0 fully saturated rings. The molecule has 0 aliphatic rings. The molecule has 0 unspecified atom stereocenters. The van der Waals surface area contributed by atoms with Crippen LogP contribution in [0, 0.1) is 11.6 Å². The number of aromatic nitrogens is 1. The normalized spacial score (nSPS) is 10.4. The van der Waals surface area contributed by atoms with Crippen LogP contribution in [0.15, 0.2) is 65.4 Å². The Kier molecular flexibility index (Phi) is 6.54. The highest BCUT2D eigenvalue weighted by molar-refractivity contribution is 9.10. The molecule has 0 aliphatic carbocycles. The third kappa shape index (κ3) is 5.50. The van der Waals surface area contributed by atoms with Crippen molar-refractivity contribution >= 4 is 27.6 Å². The Labute approximate surface area is 168 Å². The minimum Gasteiger partial charge on any atom is -0.485 e. The number of nitrogens with zero attached hydrogens (tertiary/aromatic N) is 1. The van der Waals surface area contributed by atoms with Gasteiger partial charge in [-0.05, 0) is 51.3 Å². The summed E-state index contributed by atoms with van der Waals surface area (Å²) < 4.78 is 32.5. The first-order valence-electron chi connectivity index (χ1n) is 8.31. The summed E-state index contributed by atoms with van der Waals surface area (Å²) in [4.78, 5) is 15.9. The summed E-state index contributed by atoms with van der Waals surface area (Å²) in [7, 11) is 0. The number of carbonyl (C=O) groups is 1. The number of pyridine rings is 1. The number of nitrogens with one attached hydrogen (secondary N) is 2. The average molecular weight is 448 g/mol. The lowest BCUT2D eigenvalue weighted by Gasteiger charge is -2.11. The van der Waals surface area contributed by atoms with Crippen molar-refractivity contribution in [3.05, 3.63) is 88.2 Å². The van der Waals surface area contributed by atoms with Crippen molar-refractivity contribution in [2.24, 2.45) is 0 Å². The zero-order valence-corrected chi connectivity index (χ0v) is 16.2. The van der Waals surface area contributed by atoms with E-state index in [2.05, 4.69) is 31.5 Å². The second-order valence-electron chi connectivity index (χ2n) is 5.85. The van der Waals surface area contributed by atoms with Gasteiger partial charge in [-0.1, -0.05) is 18.2 Å². The molecule has 0 aliphatic heterocycles.